The van der Waals surface area contributed by atoms with Crippen LogP contribution in [0.2, 0.25) is 0 Å². The first kappa shape index (κ1) is 20.3. The van der Waals surface area contributed by atoms with Crippen LogP contribution in [0.1, 0.15) is 36.1 Å². The van der Waals surface area contributed by atoms with Gasteiger partial charge in [0.1, 0.15) is 12.4 Å². The molecule has 1 unspecified atom stereocenters. The van der Waals surface area contributed by atoms with Crippen LogP contribution >= 0.6 is 0 Å². The van der Waals surface area contributed by atoms with E-state index in [0.29, 0.717) is 19.8 Å². The maximum Gasteiger partial charge on any atom is 0.191 e. The van der Waals surface area contributed by atoms with Crippen molar-refractivity contribution >= 4 is 5.96 Å². The number of methoxy groups -OCH3 is 1. The van der Waals surface area contributed by atoms with Gasteiger partial charge in [-0.2, -0.15) is 5.10 Å². The van der Waals surface area contributed by atoms with Crippen LogP contribution in [0, 0.1) is 0 Å². The highest BCUT2D eigenvalue weighted by atomic mass is 16.5. The number of aromatic nitrogens is 3. The van der Waals surface area contributed by atoms with E-state index in [0.717, 1.165) is 43.6 Å². The number of rotatable bonds is 8. The van der Waals surface area contributed by atoms with Gasteiger partial charge in [-0.15, -0.1) is 0 Å². The first-order valence-corrected chi connectivity index (χ1v) is 9.76. The van der Waals surface area contributed by atoms with E-state index in [2.05, 4.69) is 50.0 Å². The minimum atomic E-state index is 0.268. The average Bonchev–Trinajstić information content (AvgIpc) is 3.12. The molecule has 0 radical (unpaired) electrons. The molecular formula is C20H30N6O2. The number of fused-ring (bicyclic) bond motifs is 1. The molecule has 1 atom stereocenters. The fraction of sp³-hybridized carbons (Fsp3) is 0.550. The zero-order valence-electron chi connectivity index (χ0n) is 16.9. The van der Waals surface area contributed by atoms with Crippen molar-refractivity contribution in [3.8, 4) is 0 Å². The molecule has 2 N–H and O–H groups in total. The summed E-state index contributed by atoms with van der Waals surface area (Å²) >= 11 is 0. The second-order valence-corrected chi connectivity index (χ2v) is 6.82. The summed E-state index contributed by atoms with van der Waals surface area (Å²) in [5.74, 6) is 2.57. The van der Waals surface area contributed by atoms with E-state index < -0.39 is 0 Å². The Bertz CT molecular complexity index is 772. The van der Waals surface area contributed by atoms with E-state index in [-0.39, 0.29) is 6.04 Å². The van der Waals surface area contributed by atoms with E-state index >= 15 is 0 Å². The number of nitrogens with one attached hydrogen (secondary N) is 2. The van der Waals surface area contributed by atoms with Crippen molar-refractivity contribution in [2.75, 3.05) is 20.8 Å². The molecule has 152 valence electrons. The van der Waals surface area contributed by atoms with Crippen LogP contribution in [-0.2, 0) is 42.2 Å². The van der Waals surface area contributed by atoms with Gasteiger partial charge in [0.25, 0.3) is 0 Å². The summed E-state index contributed by atoms with van der Waals surface area (Å²) in [5, 5.41) is 11.4. The van der Waals surface area contributed by atoms with Crippen LogP contribution in [0.25, 0.3) is 0 Å². The number of nitrogens with zero attached hydrogens (tertiary/aromatic N) is 4. The Morgan fingerprint density at radius 2 is 2.04 bits per heavy atom. The molecule has 1 aliphatic heterocycles. The van der Waals surface area contributed by atoms with Crippen molar-refractivity contribution in [3.05, 3.63) is 47.0 Å². The maximum atomic E-state index is 5.44. The fourth-order valence-electron chi connectivity index (χ4n) is 3.22. The lowest BCUT2D eigenvalue weighted by Gasteiger charge is -2.25. The number of guanidine groups is 1. The van der Waals surface area contributed by atoms with Gasteiger partial charge in [-0.25, -0.2) is 9.67 Å². The molecule has 0 saturated carbocycles. The van der Waals surface area contributed by atoms with Crippen molar-refractivity contribution < 1.29 is 9.47 Å². The molecule has 3 rings (SSSR count). The van der Waals surface area contributed by atoms with Crippen LogP contribution in [0.15, 0.2) is 29.3 Å². The average molecular weight is 387 g/mol. The molecule has 0 saturated heterocycles. The predicted molar refractivity (Wildman–Crippen MR) is 108 cm³/mol. The monoisotopic (exact) mass is 386 g/mol. The lowest BCUT2D eigenvalue weighted by molar-refractivity contribution is 0.134. The summed E-state index contributed by atoms with van der Waals surface area (Å²) in [6.07, 6.45) is 1.89. The van der Waals surface area contributed by atoms with Gasteiger partial charge in [-0.3, -0.25) is 4.99 Å². The minimum Gasteiger partial charge on any atom is -0.377 e. The SMILES string of the molecule is CCOCc1ccc(CNC(=NC)NC2CCc3nc(COC)nn3C2)cc1. The Kier molecular flexibility index (Phi) is 7.39. The fourth-order valence-corrected chi connectivity index (χ4v) is 3.22. The van der Waals surface area contributed by atoms with Crippen molar-refractivity contribution in [3.63, 3.8) is 0 Å². The number of hydrogen-bond donors (Lipinski definition) is 2. The molecule has 1 aliphatic rings. The van der Waals surface area contributed by atoms with Crippen LogP contribution in [0.4, 0.5) is 0 Å². The van der Waals surface area contributed by atoms with Gasteiger partial charge in [-0.05, 0) is 24.5 Å². The largest absolute Gasteiger partial charge is 0.377 e. The van der Waals surface area contributed by atoms with Gasteiger partial charge in [0.2, 0.25) is 0 Å². The van der Waals surface area contributed by atoms with Gasteiger partial charge in [0, 0.05) is 39.8 Å². The van der Waals surface area contributed by atoms with Crippen LogP contribution in [-0.4, -0.2) is 47.5 Å². The summed E-state index contributed by atoms with van der Waals surface area (Å²) in [4.78, 5) is 8.88. The molecule has 2 heterocycles. The number of aliphatic imine (C=N–C) groups is 1. The van der Waals surface area contributed by atoms with E-state index in [1.807, 2.05) is 11.6 Å². The Labute approximate surface area is 166 Å². The van der Waals surface area contributed by atoms with Crippen LogP contribution < -0.4 is 10.6 Å². The Morgan fingerprint density at radius 1 is 1.25 bits per heavy atom. The van der Waals surface area contributed by atoms with Gasteiger partial charge in [0.05, 0.1) is 13.2 Å². The van der Waals surface area contributed by atoms with Crippen molar-refractivity contribution in [2.45, 2.75) is 52.1 Å². The molecule has 0 amide bonds. The molecule has 2 aromatic rings. The van der Waals surface area contributed by atoms with Crippen LogP contribution in [0.3, 0.4) is 0 Å². The standard InChI is InChI=1S/C20H30N6O2/c1-4-28-13-16-7-5-15(6-8-16)11-22-20(21-2)23-17-9-10-19-24-18(14-27-3)25-26(19)12-17/h5-8,17H,4,9-14H2,1-3H3,(H2,21,22,23). The van der Waals surface area contributed by atoms with E-state index in [1.54, 1.807) is 14.2 Å². The first-order chi connectivity index (χ1) is 13.7. The molecule has 1 aromatic carbocycles. The number of hydrogen-bond acceptors (Lipinski definition) is 5. The topological polar surface area (TPSA) is 85.6 Å². The number of ether oxygens (including phenoxy) is 2. The molecule has 1 aromatic heterocycles. The molecule has 0 spiro atoms. The first-order valence-electron chi connectivity index (χ1n) is 9.76. The van der Waals surface area contributed by atoms with Crippen LogP contribution in [0.5, 0.6) is 0 Å². The van der Waals surface area contributed by atoms with Gasteiger partial charge >= 0.3 is 0 Å². The normalized spacial score (nSPS) is 16.7. The molecular weight excluding hydrogens is 356 g/mol. The zero-order chi connectivity index (χ0) is 19.8. The summed E-state index contributed by atoms with van der Waals surface area (Å²) in [6, 6.07) is 8.72. The second-order valence-electron chi connectivity index (χ2n) is 6.82. The van der Waals surface area contributed by atoms with E-state index in [1.165, 1.54) is 11.1 Å². The summed E-state index contributed by atoms with van der Waals surface area (Å²) < 4.78 is 12.5. The Morgan fingerprint density at radius 3 is 2.75 bits per heavy atom. The minimum absolute atomic E-state index is 0.268. The highest BCUT2D eigenvalue weighted by Gasteiger charge is 2.22. The molecule has 8 heteroatoms. The quantitative estimate of drug-likeness (QED) is 0.530. The molecule has 0 aliphatic carbocycles. The van der Waals surface area contributed by atoms with Crippen molar-refractivity contribution in [2.24, 2.45) is 4.99 Å². The summed E-state index contributed by atoms with van der Waals surface area (Å²) in [6.45, 7) is 5.34. The van der Waals surface area contributed by atoms with Crippen molar-refractivity contribution in [1.29, 1.82) is 0 Å². The third-order valence-electron chi connectivity index (χ3n) is 4.70. The molecule has 0 bridgehead atoms. The Hall–Kier alpha value is -2.45. The highest BCUT2D eigenvalue weighted by Crippen LogP contribution is 2.13. The highest BCUT2D eigenvalue weighted by molar-refractivity contribution is 5.79. The zero-order valence-corrected chi connectivity index (χ0v) is 16.9. The van der Waals surface area contributed by atoms with E-state index in [4.69, 9.17) is 9.47 Å². The maximum absolute atomic E-state index is 5.44. The summed E-state index contributed by atoms with van der Waals surface area (Å²) in [7, 11) is 3.45. The number of benzene rings is 1. The molecule has 28 heavy (non-hydrogen) atoms. The predicted octanol–water partition coefficient (Wildman–Crippen LogP) is 1.64. The lowest BCUT2D eigenvalue weighted by Crippen LogP contribution is -2.46. The Balaban J connectivity index is 1.49. The second kappa shape index (κ2) is 10.2. The third-order valence-corrected chi connectivity index (χ3v) is 4.70. The molecule has 0 fully saturated rings. The number of aryl methyl sites for hydroxylation is 1. The lowest BCUT2D eigenvalue weighted by atomic mass is 10.1. The van der Waals surface area contributed by atoms with Crippen molar-refractivity contribution in [1.82, 2.24) is 25.4 Å². The van der Waals surface area contributed by atoms with Gasteiger partial charge in [0.15, 0.2) is 11.8 Å². The van der Waals surface area contributed by atoms with E-state index in [9.17, 15) is 0 Å². The third kappa shape index (κ3) is 5.53. The smallest absolute Gasteiger partial charge is 0.191 e. The summed E-state index contributed by atoms with van der Waals surface area (Å²) in [5.41, 5.74) is 2.39. The molecule has 8 nitrogen and oxygen atoms in total. The van der Waals surface area contributed by atoms with Gasteiger partial charge < -0.3 is 20.1 Å². The van der Waals surface area contributed by atoms with Gasteiger partial charge in [-0.1, -0.05) is 24.3 Å².